The molecule has 1 aromatic heterocycles. The highest BCUT2D eigenvalue weighted by Gasteiger charge is 2.36. The van der Waals surface area contributed by atoms with Crippen LogP contribution in [-0.4, -0.2) is 12.1 Å². The summed E-state index contributed by atoms with van der Waals surface area (Å²) in [6.45, 7) is 4.52. The number of methoxy groups -OCH3 is 1. The van der Waals surface area contributed by atoms with Gasteiger partial charge < -0.3 is 4.74 Å². The van der Waals surface area contributed by atoms with Crippen molar-refractivity contribution in [2.45, 2.75) is 103 Å². The molecule has 0 radical (unpaired) electrons. The number of unbranched alkanes of at least 4 members (excludes halogenated alkanes) is 5. The highest BCUT2D eigenvalue weighted by Crippen LogP contribution is 2.43. The third-order valence-corrected chi connectivity index (χ3v) is 7.37. The van der Waals surface area contributed by atoms with E-state index in [0.29, 0.717) is 0 Å². The second-order valence-electron chi connectivity index (χ2n) is 9.58. The Labute approximate surface area is 190 Å². The Morgan fingerprint density at radius 1 is 0.871 bits per heavy atom. The molecule has 0 bridgehead atoms. The number of aryl methyl sites for hydroxylation is 1. The lowest BCUT2D eigenvalue weighted by Gasteiger charge is -2.39. The van der Waals surface area contributed by atoms with Gasteiger partial charge in [-0.15, -0.1) is 0 Å². The van der Waals surface area contributed by atoms with Gasteiger partial charge in [-0.05, 0) is 61.6 Å². The number of hydrogen-bond acceptors (Lipinski definition) is 2. The van der Waals surface area contributed by atoms with Crippen molar-refractivity contribution in [1.29, 1.82) is 0 Å². The maximum Gasteiger partial charge on any atom is 0.0927 e. The Morgan fingerprint density at radius 2 is 1.58 bits per heavy atom. The molecule has 1 heterocycles. The van der Waals surface area contributed by atoms with E-state index in [2.05, 4.69) is 50.2 Å². The van der Waals surface area contributed by atoms with Crippen LogP contribution in [0.2, 0.25) is 0 Å². The van der Waals surface area contributed by atoms with Crippen LogP contribution in [0.4, 0.5) is 0 Å². The van der Waals surface area contributed by atoms with Crippen molar-refractivity contribution in [2.75, 3.05) is 7.11 Å². The molecule has 1 aliphatic rings. The number of pyridine rings is 1. The molecular weight excluding hydrogens is 378 g/mol. The predicted octanol–water partition coefficient (Wildman–Crippen LogP) is 8.48. The normalized spacial score (nSPS) is 21.3. The van der Waals surface area contributed by atoms with Gasteiger partial charge in [0.15, 0.2) is 0 Å². The Kier molecular flexibility index (Phi) is 9.58. The molecule has 0 amide bonds. The van der Waals surface area contributed by atoms with E-state index in [1.807, 2.05) is 13.3 Å². The van der Waals surface area contributed by atoms with Crippen molar-refractivity contribution in [2.24, 2.45) is 5.92 Å². The number of nitrogens with zero attached hydrogens (tertiary/aromatic N) is 1. The van der Waals surface area contributed by atoms with Crippen molar-refractivity contribution in [3.63, 3.8) is 0 Å². The molecule has 31 heavy (non-hydrogen) atoms. The molecule has 170 valence electrons. The summed E-state index contributed by atoms with van der Waals surface area (Å²) in [5.74, 6) is 0.889. The van der Waals surface area contributed by atoms with Gasteiger partial charge in [0.2, 0.25) is 0 Å². The van der Waals surface area contributed by atoms with Gasteiger partial charge in [0.25, 0.3) is 0 Å². The van der Waals surface area contributed by atoms with Crippen LogP contribution in [0.3, 0.4) is 0 Å². The van der Waals surface area contributed by atoms with E-state index >= 15 is 0 Å². The van der Waals surface area contributed by atoms with E-state index in [-0.39, 0.29) is 5.60 Å². The summed E-state index contributed by atoms with van der Waals surface area (Å²) in [5.41, 5.74) is 4.82. The first-order valence-electron chi connectivity index (χ1n) is 12.8. The lowest BCUT2D eigenvalue weighted by atomic mass is 9.73. The Morgan fingerprint density at radius 3 is 2.19 bits per heavy atom. The highest BCUT2D eigenvalue weighted by molar-refractivity contribution is 5.59. The minimum absolute atomic E-state index is 0.103. The van der Waals surface area contributed by atoms with Gasteiger partial charge in [-0.1, -0.05) is 89.1 Å². The van der Waals surface area contributed by atoms with Crippen molar-refractivity contribution in [3.05, 3.63) is 53.7 Å². The maximum absolute atomic E-state index is 6.15. The van der Waals surface area contributed by atoms with Gasteiger partial charge in [-0.3, -0.25) is 4.98 Å². The summed E-state index contributed by atoms with van der Waals surface area (Å²) in [6, 6.07) is 13.4. The van der Waals surface area contributed by atoms with E-state index in [1.165, 1.54) is 80.9 Å². The molecule has 0 aliphatic heterocycles. The average molecular weight is 422 g/mol. The highest BCUT2D eigenvalue weighted by atomic mass is 16.5. The van der Waals surface area contributed by atoms with E-state index in [0.717, 1.165) is 30.9 Å². The van der Waals surface area contributed by atoms with Gasteiger partial charge in [0, 0.05) is 18.9 Å². The number of ether oxygens (including phenoxy) is 1. The first kappa shape index (κ1) is 24.0. The molecule has 0 N–H and O–H groups in total. The molecule has 2 heteroatoms. The van der Waals surface area contributed by atoms with Crippen LogP contribution >= 0.6 is 0 Å². The molecule has 2 aromatic rings. The van der Waals surface area contributed by atoms with E-state index < -0.39 is 0 Å². The summed E-state index contributed by atoms with van der Waals surface area (Å²) in [4.78, 5) is 4.71. The van der Waals surface area contributed by atoms with Crippen LogP contribution < -0.4 is 0 Å². The van der Waals surface area contributed by atoms with Crippen LogP contribution in [-0.2, 0) is 16.8 Å². The largest absolute Gasteiger partial charge is 0.374 e. The standard InChI is InChI=1S/C29H43NO/c1-4-6-8-9-10-12-24-19-21-29(31-3,22-20-24)27-16-14-26(15-17-27)28-18-13-25(23-30-28)11-7-5-2/h13-18,23-24H,4-12,19-22H2,1-3H3. The number of rotatable bonds is 12. The second-order valence-corrected chi connectivity index (χ2v) is 9.58. The van der Waals surface area contributed by atoms with E-state index in [4.69, 9.17) is 9.72 Å². The summed E-state index contributed by atoms with van der Waals surface area (Å²) in [6.07, 6.45) is 18.9. The summed E-state index contributed by atoms with van der Waals surface area (Å²) in [7, 11) is 1.90. The van der Waals surface area contributed by atoms with Crippen LogP contribution in [0.1, 0.15) is 102 Å². The van der Waals surface area contributed by atoms with Crippen LogP contribution in [0, 0.1) is 5.92 Å². The van der Waals surface area contributed by atoms with Gasteiger partial charge in [-0.2, -0.15) is 0 Å². The van der Waals surface area contributed by atoms with Crippen molar-refractivity contribution in [1.82, 2.24) is 4.98 Å². The zero-order valence-electron chi connectivity index (χ0n) is 20.2. The molecule has 2 nitrogen and oxygen atoms in total. The summed E-state index contributed by atoms with van der Waals surface area (Å²) < 4.78 is 6.15. The van der Waals surface area contributed by atoms with Crippen molar-refractivity contribution >= 4 is 0 Å². The molecule has 1 saturated carbocycles. The van der Waals surface area contributed by atoms with Gasteiger partial charge >= 0.3 is 0 Å². The average Bonchev–Trinajstić information content (AvgIpc) is 2.83. The monoisotopic (exact) mass is 421 g/mol. The van der Waals surface area contributed by atoms with Crippen LogP contribution in [0.25, 0.3) is 11.3 Å². The summed E-state index contributed by atoms with van der Waals surface area (Å²) in [5, 5.41) is 0. The molecule has 0 saturated heterocycles. The van der Waals surface area contributed by atoms with Gasteiger partial charge in [0.1, 0.15) is 0 Å². The smallest absolute Gasteiger partial charge is 0.0927 e. The number of hydrogen-bond donors (Lipinski definition) is 0. The Bertz CT molecular complexity index is 741. The lowest BCUT2D eigenvalue weighted by Crippen LogP contribution is -2.33. The quantitative estimate of drug-likeness (QED) is 0.320. The molecule has 0 atom stereocenters. The summed E-state index contributed by atoms with van der Waals surface area (Å²) >= 11 is 0. The molecule has 0 spiro atoms. The first-order chi connectivity index (χ1) is 15.2. The SMILES string of the molecule is CCCCCCCC1CCC(OC)(c2ccc(-c3ccc(CCCC)cn3)cc2)CC1. The minimum Gasteiger partial charge on any atom is -0.374 e. The third-order valence-electron chi connectivity index (χ3n) is 7.37. The van der Waals surface area contributed by atoms with Gasteiger partial charge in [0.05, 0.1) is 11.3 Å². The fourth-order valence-electron chi connectivity index (χ4n) is 5.15. The molecule has 3 rings (SSSR count). The first-order valence-corrected chi connectivity index (χ1v) is 12.8. The van der Waals surface area contributed by atoms with Crippen molar-refractivity contribution < 1.29 is 4.74 Å². The van der Waals surface area contributed by atoms with E-state index in [1.54, 1.807) is 0 Å². The third kappa shape index (κ3) is 6.65. The topological polar surface area (TPSA) is 22.1 Å². The zero-order chi connectivity index (χ0) is 21.9. The van der Waals surface area contributed by atoms with E-state index in [9.17, 15) is 0 Å². The van der Waals surface area contributed by atoms with Crippen molar-refractivity contribution in [3.8, 4) is 11.3 Å². The number of benzene rings is 1. The molecule has 1 fully saturated rings. The molecular formula is C29H43NO. The predicted molar refractivity (Wildman–Crippen MR) is 132 cm³/mol. The van der Waals surface area contributed by atoms with Crippen LogP contribution in [0.15, 0.2) is 42.6 Å². The van der Waals surface area contributed by atoms with Crippen LogP contribution in [0.5, 0.6) is 0 Å². The minimum atomic E-state index is -0.103. The fourth-order valence-corrected chi connectivity index (χ4v) is 5.15. The Balaban J connectivity index is 1.56. The Hall–Kier alpha value is -1.67. The van der Waals surface area contributed by atoms with Gasteiger partial charge in [-0.25, -0.2) is 0 Å². The fraction of sp³-hybridized carbons (Fsp3) is 0.621. The second kappa shape index (κ2) is 12.4. The molecule has 0 unspecified atom stereocenters. The molecule has 1 aromatic carbocycles. The maximum atomic E-state index is 6.15. The number of aromatic nitrogens is 1. The zero-order valence-corrected chi connectivity index (χ0v) is 20.2. The lowest BCUT2D eigenvalue weighted by molar-refractivity contribution is -0.0553. The molecule has 1 aliphatic carbocycles.